The highest BCUT2D eigenvalue weighted by Gasteiger charge is 2.18. The molecule has 1 amide bonds. The summed E-state index contributed by atoms with van der Waals surface area (Å²) in [7, 11) is 1.66. The van der Waals surface area contributed by atoms with Crippen molar-refractivity contribution in [1.82, 2.24) is 9.78 Å². The average Bonchev–Trinajstić information content (AvgIpc) is 3.03. The number of benzene rings is 2. The minimum absolute atomic E-state index is 0.0331. The third kappa shape index (κ3) is 4.15. The largest absolute Gasteiger partial charge is 0.478 e. The van der Waals surface area contributed by atoms with Crippen LogP contribution in [0.2, 0.25) is 5.02 Å². The number of anilines is 1. The van der Waals surface area contributed by atoms with Gasteiger partial charge in [-0.1, -0.05) is 48.0 Å². The summed E-state index contributed by atoms with van der Waals surface area (Å²) in [5.41, 5.74) is 1.94. The molecule has 8 heteroatoms. The van der Waals surface area contributed by atoms with Crippen LogP contribution in [0.1, 0.15) is 28.9 Å². The van der Waals surface area contributed by atoms with Gasteiger partial charge in [0, 0.05) is 12.6 Å². The number of carbonyl (C=O) groups excluding carboxylic acids is 1. The molecule has 3 rings (SSSR count). The molecule has 0 bridgehead atoms. The fraction of sp³-hybridized carbons (Fsp3) is 0.150. The molecule has 144 valence electrons. The molecule has 0 fully saturated rings. The molecule has 0 aliphatic heterocycles. The Bertz CT molecular complexity index is 1020. The van der Waals surface area contributed by atoms with Gasteiger partial charge in [-0.25, -0.2) is 9.59 Å². The first kappa shape index (κ1) is 19.4. The van der Waals surface area contributed by atoms with Gasteiger partial charge >= 0.3 is 12.1 Å². The molecular formula is C20H18ClN3O4. The van der Waals surface area contributed by atoms with Crippen molar-refractivity contribution in [2.45, 2.75) is 13.0 Å². The molecule has 0 saturated carbocycles. The molecule has 1 atom stereocenters. The third-order valence-electron chi connectivity index (χ3n) is 4.22. The number of hydrogen-bond acceptors (Lipinski definition) is 4. The zero-order chi connectivity index (χ0) is 20.3. The quantitative estimate of drug-likeness (QED) is 0.645. The number of halogens is 1. The van der Waals surface area contributed by atoms with Crippen LogP contribution in [0.3, 0.4) is 0 Å². The smallest absolute Gasteiger partial charge is 0.413 e. The summed E-state index contributed by atoms with van der Waals surface area (Å²) in [6.07, 6.45) is 0.450. The van der Waals surface area contributed by atoms with Gasteiger partial charge in [0.1, 0.15) is 11.9 Å². The second-order valence-electron chi connectivity index (χ2n) is 6.11. The number of ether oxygens (including phenoxy) is 1. The van der Waals surface area contributed by atoms with Gasteiger partial charge in [-0.2, -0.15) is 5.10 Å². The zero-order valence-electron chi connectivity index (χ0n) is 15.2. The Morgan fingerprint density at radius 3 is 2.61 bits per heavy atom. The molecule has 1 heterocycles. The Balaban J connectivity index is 1.83. The number of carboxylic acid groups (broad SMARTS) is 1. The number of amides is 1. The van der Waals surface area contributed by atoms with Crippen molar-refractivity contribution >= 4 is 29.5 Å². The van der Waals surface area contributed by atoms with Crippen LogP contribution in [0.25, 0.3) is 11.1 Å². The average molecular weight is 400 g/mol. The zero-order valence-corrected chi connectivity index (χ0v) is 16.0. The van der Waals surface area contributed by atoms with Crippen LogP contribution >= 0.6 is 11.6 Å². The van der Waals surface area contributed by atoms with Crippen LogP contribution in [0, 0.1) is 0 Å². The molecule has 7 nitrogen and oxygen atoms in total. The Morgan fingerprint density at radius 2 is 1.93 bits per heavy atom. The predicted molar refractivity (Wildman–Crippen MR) is 106 cm³/mol. The van der Waals surface area contributed by atoms with Gasteiger partial charge in [0.15, 0.2) is 0 Å². The van der Waals surface area contributed by atoms with E-state index in [-0.39, 0.29) is 10.6 Å². The van der Waals surface area contributed by atoms with E-state index in [2.05, 4.69) is 10.4 Å². The van der Waals surface area contributed by atoms with Crippen molar-refractivity contribution in [2.75, 3.05) is 5.32 Å². The molecular weight excluding hydrogens is 382 g/mol. The van der Waals surface area contributed by atoms with Gasteiger partial charge in [-0.05, 0) is 30.2 Å². The molecule has 0 spiro atoms. The van der Waals surface area contributed by atoms with E-state index in [1.165, 1.54) is 23.0 Å². The van der Waals surface area contributed by atoms with Crippen LogP contribution in [-0.4, -0.2) is 26.9 Å². The first-order valence-electron chi connectivity index (χ1n) is 8.44. The number of aryl methyl sites for hydroxylation is 1. The van der Waals surface area contributed by atoms with Crippen molar-refractivity contribution in [2.24, 2.45) is 7.05 Å². The van der Waals surface area contributed by atoms with Crippen molar-refractivity contribution in [3.8, 4) is 11.1 Å². The van der Waals surface area contributed by atoms with Gasteiger partial charge in [0.2, 0.25) is 0 Å². The van der Waals surface area contributed by atoms with Crippen LogP contribution in [-0.2, 0) is 11.8 Å². The Kier molecular flexibility index (Phi) is 5.65. The molecule has 0 aliphatic rings. The number of nitrogens with zero attached hydrogens (tertiary/aromatic N) is 2. The lowest BCUT2D eigenvalue weighted by Gasteiger charge is -2.15. The summed E-state index contributed by atoms with van der Waals surface area (Å²) in [5.74, 6) is -0.759. The summed E-state index contributed by atoms with van der Waals surface area (Å²) in [5, 5.41) is 16.2. The van der Waals surface area contributed by atoms with Crippen molar-refractivity contribution < 1.29 is 19.4 Å². The molecule has 28 heavy (non-hydrogen) atoms. The minimum atomic E-state index is -1.14. The Labute approximate surface area is 166 Å². The summed E-state index contributed by atoms with van der Waals surface area (Å²) in [6, 6.07) is 13.9. The SMILES string of the molecule is CC(OC(=O)Nc1c(-c2ccc(Cl)c(C(=O)O)c2)cnn1C)c1ccccc1. The van der Waals surface area contributed by atoms with Crippen molar-refractivity contribution in [3.63, 3.8) is 0 Å². The maximum atomic E-state index is 12.4. The lowest BCUT2D eigenvalue weighted by atomic mass is 10.1. The topological polar surface area (TPSA) is 93.4 Å². The summed E-state index contributed by atoms with van der Waals surface area (Å²) in [4.78, 5) is 23.7. The third-order valence-corrected chi connectivity index (χ3v) is 4.55. The van der Waals surface area contributed by atoms with Crippen LogP contribution < -0.4 is 5.32 Å². The van der Waals surface area contributed by atoms with Gasteiger partial charge in [0.25, 0.3) is 0 Å². The Hall–Kier alpha value is -3.32. The minimum Gasteiger partial charge on any atom is -0.478 e. The molecule has 1 aromatic heterocycles. The number of aromatic carboxylic acids is 1. The van der Waals surface area contributed by atoms with Crippen LogP contribution in [0.15, 0.2) is 54.7 Å². The molecule has 3 aromatic rings. The van der Waals surface area contributed by atoms with E-state index in [9.17, 15) is 14.7 Å². The second kappa shape index (κ2) is 8.14. The number of aromatic nitrogens is 2. The van der Waals surface area contributed by atoms with E-state index in [0.717, 1.165) is 5.56 Å². The first-order chi connectivity index (χ1) is 13.4. The number of hydrogen-bond donors (Lipinski definition) is 2. The van der Waals surface area contributed by atoms with Gasteiger partial charge < -0.3 is 9.84 Å². The van der Waals surface area contributed by atoms with Crippen LogP contribution in [0.5, 0.6) is 0 Å². The first-order valence-corrected chi connectivity index (χ1v) is 8.82. The van der Waals surface area contributed by atoms with E-state index in [1.54, 1.807) is 20.0 Å². The van der Waals surface area contributed by atoms with Crippen molar-refractivity contribution in [3.05, 3.63) is 70.9 Å². The standard InChI is InChI=1S/C20H18ClN3O4/c1-12(13-6-4-3-5-7-13)28-20(27)23-18-16(11-22-24(18)2)14-8-9-17(21)15(10-14)19(25)26/h3-12H,1-2H3,(H,23,27)(H,25,26). The molecule has 0 aliphatic carbocycles. The second-order valence-corrected chi connectivity index (χ2v) is 6.52. The van der Waals surface area contributed by atoms with E-state index in [0.29, 0.717) is 16.9 Å². The molecule has 0 radical (unpaired) electrons. The van der Waals surface area contributed by atoms with E-state index >= 15 is 0 Å². The van der Waals surface area contributed by atoms with E-state index in [1.807, 2.05) is 30.3 Å². The molecule has 1 unspecified atom stereocenters. The fourth-order valence-electron chi connectivity index (χ4n) is 2.73. The maximum absolute atomic E-state index is 12.4. The highest BCUT2D eigenvalue weighted by Crippen LogP contribution is 2.31. The fourth-order valence-corrected chi connectivity index (χ4v) is 2.93. The molecule has 0 saturated heterocycles. The molecule has 2 aromatic carbocycles. The highest BCUT2D eigenvalue weighted by atomic mass is 35.5. The Morgan fingerprint density at radius 1 is 1.21 bits per heavy atom. The van der Waals surface area contributed by atoms with E-state index < -0.39 is 18.2 Å². The highest BCUT2D eigenvalue weighted by molar-refractivity contribution is 6.33. The number of rotatable bonds is 5. The normalized spacial score (nSPS) is 11.7. The summed E-state index contributed by atoms with van der Waals surface area (Å²) in [6.45, 7) is 1.78. The lowest BCUT2D eigenvalue weighted by Crippen LogP contribution is -2.18. The van der Waals surface area contributed by atoms with Gasteiger partial charge in [-0.15, -0.1) is 0 Å². The van der Waals surface area contributed by atoms with E-state index in [4.69, 9.17) is 16.3 Å². The summed E-state index contributed by atoms with van der Waals surface area (Å²) < 4.78 is 6.90. The lowest BCUT2D eigenvalue weighted by molar-refractivity contribution is 0.0697. The monoisotopic (exact) mass is 399 g/mol. The number of carboxylic acids is 1. The predicted octanol–water partition coefficient (Wildman–Crippen LogP) is 4.75. The number of carbonyl (C=O) groups is 2. The van der Waals surface area contributed by atoms with Gasteiger partial charge in [0.05, 0.1) is 16.8 Å². The van der Waals surface area contributed by atoms with Crippen molar-refractivity contribution in [1.29, 1.82) is 0 Å². The number of nitrogens with one attached hydrogen (secondary N) is 1. The van der Waals surface area contributed by atoms with Gasteiger partial charge in [-0.3, -0.25) is 10.00 Å². The van der Waals surface area contributed by atoms with Crippen LogP contribution in [0.4, 0.5) is 10.6 Å². The summed E-state index contributed by atoms with van der Waals surface area (Å²) >= 11 is 5.93. The maximum Gasteiger partial charge on any atom is 0.413 e. The molecule has 2 N–H and O–H groups in total.